The van der Waals surface area contributed by atoms with E-state index in [4.69, 9.17) is 28.4 Å². The molecule has 12 nitrogen and oxygen atoms in total. The molecule has 0 radical (unpaired) electrons. The minimum atomic E-state index is -1.46. The Balaban J connectivity index is 2.24. The number of rotatable bonds is 10. The fourth-order valence-electron chi connectivity index (χ4n) is 3.38. The van der Waals surface area contributed by atoms with Gasteiger partial charge in [-0.1, -0.05) is 30.3 Å². The molecule has 1 saturated heterocycles. The highest BCUT2D eigenvalue weighted by atomic mass is 16.7. The number of carbonyl (C=O) groups excluding carboxylic acids is 5. The van der Waals surface area contributed by atoms with Crippen molar-refractivity contribution in [2.24, 2.45) is 0 Å². The van der Waals surface area contributed by atoms with Crippen LogP contribution in [0.4, 0.5) is 0 Å². The third-order valence-corrected chi connectivity index (χ3v) is 4.66. The van der Waals surface area contributed by atoms with Crippen LogP contribution in [0.25, 0.3) is 0 Å². The van der Waals surface area contributed by atoms with Crippen LogP contribution in [-0.4, -0.2) is 73.6 Å². The van der Waals surface area contributed by atoms with Crippen molar-refractivity contribution < 1.29 is 52.4 Å². The van der Waals surface area contributed by atoms with E-state index in [1.165, 1.54) is 0 Å². The topological polar surface area (TPSA) is 153 Å². The Labute approximate surface area is 202 Å². The normalized spacial score (nSPS) is 23.5. The highest BCUT2D eigenvalue weighted by Crippen LogP contribution is 2.28. The largest absolute Gasteiger partial charge is 0.463 e. The molecule has 0 spiro atoms. The molecule has 2 rings (SSSR count). The lowest BCUT2D eigenvalue weighted by Gasteiger charge is -2.44. The zero-order chi connectivity index (χ0) is 26.0. The predicted molar refractivity (Wildman–Crippen MR) is 116 cm³/mol. The number of carbonyl (C=O) groups is 5. The number of ether oxygens (including phenoxy) is 6. The average molecular weight is 495 g/mol. The number of benzene rings is 1. The molecule has 0 bridgehead atoms. The van der Waals surface area contributed by atoms with Gasteiger partial charge >= 0.3 is 23.9 Å². The van der Waals surface area contributed by atoms with Crippen molar-refractivity contribution in [1.82, 2.24) is 5.32 Å². The molecule has 192 valence electrons. The molecular weight excluding hydrogens is 466 g/mol. The van der Waals surface area contributed by atoms with Crippen LogP contribution in [0, 0.1) is 0 Å². The van der Waals surface area contributed by atoms with Gasteiger partial charge in [-0.15, -0.1) is 0 Å². The van der Waals surface area contributed by atoms with E-state index >= 15 is 0 Å². The number of nitrogens with one attached hydrogen (secondary N) is 1. The number of hydrogen-bond acceptors (Lipinski definition) is 11. The van der Waals surface area contributed by atoms with E-state index in [2.05, 4.69) is 5.32 Å². The maximum atomic E-state index is 12.6. The molecule has 0 aliphatic carbocycles. The molecule has 35 heavy (non-hydrogen) atoms. The summed E-state index contributed by atoms with van der Waals surface area (Å²) in [5.41, 5.74) is 0.847. The molecule has 1 amide bonds. The third-order valence-electron chi connectivity index (χ3n) is 4.66. The van der Waals surface area contributed by atoms with Gasteiger partial charge in [-0.05, 0) is 5.56 Å². The summed E-state index contributed by atoms with van der Waals surface area (Å²) in [6, 6.07) is 7.88. The molecule has 1 aliphatic heterocycles. The second-order valence-corrected chi connectivity index (χ2v) is 7.67. The van der Waals surface area contributed by atoms with E-state index in [0.717, 1.165) is 33.3 Å². The summed E-state index contributed by atoms with van der Waals surface area (Å²) in [6.45, 7) is 3.90. The zero-order valence-electron chi connectivity index (χ0n) is 19.9. The Bertz CT molecular complexity index is 904. The lowest BCUT2D eigenvalue weighted by molar-refractivity contribution is -0.271. The second kappa shape index (κ2) is 13.4. The molecule has 1 fully saturated rings. The van der Waals surface area contributed by atoms with Crippen LogP contribution in [-0.2, 0) is 59.0 Å². The molecule has 12 heteroatoms. The van der Waals surface area contributed by atoms with Crippen LogP contribution >= 0.6 is 0 Å². The maximum Gasteiger partial charge on any atom is 0.305 e. The van der Waals surface area contributed by atoms with E-state index in [1.54, 1.807) is 0 Å². The van der Waals surface area contributed by atoms with Gasteiger partial charge in [-0.3, -0.25) is 24.0 Å². The molecule has 0 aromatic heterocycles. The average Bonchev–Trinajstić information content (AvgIpc) is 2.76. The van der Waals surface area contributed by atoms with Crippen LogP contribution < -0.4 is 5.32 Å². The minimum Gasteiger partial charge on any atom is -0.463 e. The minimum absolute atomic E-state index is 0.163. The molecule has 5 atom stereocenters. The molecule has 1 aromatic rings. The van der Waals surface area contributed by atoms with E-state index in [9.17, 15) is 24.0 Å². The second-order valence-electron chi connectivity index (χ2n) is 7.67. The first-order valence-electron chi connectivity index (χ1n) is 10.8. The lowest BCUT2D eigenvalue weighted by atomic mass is 9.96. The zero-order valence-corrected chi connectivity index (χ0v) is 19.9. The Morgan fingerprint density at radius 3 is 2.00 bits per heavy atom. The Kier molecular flexibility index (Phi) is 10.6. The molecule has 0 saturated carbocycles. The summed E-state index contributed by atoms with van der Waals surface area (Å²) in [7, 11) is 0. The van der Waals surface area contributed by atoms with Gasteiger partial charge in [0.25, 0.3) is 0 Å². The number of hydrogen-bond donors (Lipinski definition) is 1. The van der Waals surface area contributed by atoms with Gasteiger partial charge in [0, 0.05) is 27.7 Å². The first-order chi connectivity index (χ1) is 16.6. The summed E-state index contributed by atoms with van der Waals surface area (Å²) < 4.78 is 32.0. The van der Waals surface area contributed by atoms with E-state index < -0.39 is 67.0 Å². The SMILES string of the molecule is CC(=O)OCC1OC(OC(C)=O)[C@H](NC(=O)COCc2ccccc2)C(OC(C)=O)[C@H]1OC(C)=O. The molecule has 3 unspecified atom stereocenters. The van der Waals surface area contributed by atoms with E-state index in [-0.39, 0.29) is 13.2 Å². The van der Waals surface area contributed by atoms with Crippen molar-refractivity contribution in [1.29, 1.82) is 0 Å². The van der Waals surface area contributed by atoms with Gasteiger partial charge in [-0.2, -0.15) is 0 Å². The van der Waals surface area contributed by atoms with Crippen molar-refractivity contribution in [3.8, 4) is 0 Å². The maximum absolute atomic E-state index is 12.6. The van der Waals surface area contributed by atoms with Crippen molar-refractivity contribution in [2.75, 3.05) is 13.2 Å². The van der Waals surface area contributed by atoms with Crippen LogP contribution in [0.15, 0.2) is 30.3 Å². The van der Waals surface area contributed by atoms with Crippen molar-refractivity contribution in [3.05, 3.63) is 35.9 Å². The highest BCUT2D eigenvalue weighted by Gasteiger charge is 2.52. The quantitative estimate of drug-likeness (QED) is 0.354. The van der Waals surface area contributed by atoms with Crippen LogP contribution in [0.1, 0.15) is 33.3 Å². The fourth-order valence-corrected chi connectivity index (χ4v) is 3.38. The van der Waals surface area contributed by atoms with Crippen molar-refractivity contribution in [2.45, 2.75) is 64.9 Å². The van der Waals surface area contributed by atoms with Gasteiger partial charge in [0.1, 0.15) is 25.4 Å². The smallest absolute Gasteiger partial charge is 0.305 e. The summed E-state index contributed by atoms with van der Waals surface area (Å²) in [4.78, 5) is 59.3. The Morgan fingerprint density at radius 1 is 0.829 bits per heavy atom. The van der Waals surface area contributed by atoms with E-state index in [1.807, 2.05) is 30.3 Å². The molecule has 1 N–H and O–H groups in total. The molecule has 1 aliphatic rings. The molecule has 1 aromatic carbocycles. The Morgan fingerprint density at radius 2 is 1.43 bits per heavy atom. The van der Waals surface area contributed by atoms with Gasteiger partial charge in [0.2, 0.25) is 12.2 Å². The van der Waals surface area contributed by atoms with Gasteiger partial charge in [0.05, 0.1) is 6.61 Å². The van der Waals surface area contributed by atoms with Crippen molar-refractivity contribution in [3.63, 3.8) is 0 Å². The van der Waals surface area contributed by atoms with Crippen LogP contribution in [0.3, 0.4) is 0 Å². The first-order valence-corrected chi connectivity index (χ1v) is 10.8. The predicted octanol–water partition coefficient (Wildman–Crippen LogP) is 0.403. The lowest BCUT2D eigenvalue weighted by Crippen LogP contribution is -2.67. The molecular formula is C23H29NO11. The number of esters is 4. The first kappa shape index (κ1) is 27.7. The number of amides is 1. The van der Waals surface area contributed by atoms with Crippen LogP contribution in [0.5, 0.6) is 0 Å². The fraction of sp³-hybridized carbons (Fsp3) is 0.522. The third kappa shape index (κ3) is 9.33. The van der Waals surface area contributed by atoms with Gasteiger partial charge in [0.15, 0.2) is 12.2 Å². The summed E-state index contributed by atoms with van der Waals surface area (Å²) in [6.07, 6.45) is -5.26. The highest BCUT2D eigenvalue weighted by molar-refractivity contribution is 5.78. The van der Waals surface area contributed by atoms with Gasteiger partial charge in [-0.25, -0.2) is 0 Å². The monoisotopic (exact) mass is 495 g/mol. The standard InChI is InChI=1S/C23H29NO11/c1-13(25)31-11-18-21(32-14(2)26)22(33-15(3)27)20(23(35-18)34-16(4)28)24-19(29)12-30-10-17-8-6-5-7-9-17/h5-9,18,20-23H,10-12H2,1-4H3,(H,24,29)/t18?,20-,21+,22?,23?/m1/s1. The Hall–Kier alpha value is -3.51. The van der Waals surface area contributed by atoms with E-state index in [0.29, 0.717) is 0 Å². The van der Waals surface area contributed by atoms with Crippen molar-refractivity contribution >= 4 is 29.8 Å². The summed E-state index contributed by atoms with van der Waals surface area (Å²) in [5.74, 6) is -3.54. The van der Waals surface area contributed by atoms with Crippen LogP contribution in [0.2, 0.25) is 0 Å². The summed E-state index contributed by atoms with van der Waals surface area (Å²) in [5, 5.41) is 2.56. The molecule has 1 heterocycles. The van der Waals surface area contributed by atoms with Gasteiger partial charge < -0.3 is 33.7 Å². The summed E-state index contributed by atoms with van der Waals surface area (Å²) >= 11 is 0.